The number of hydrogen-bond donors (Lipinski definition) is 1. The smallest absolute Gasteiger partial charge is 0.329 e. The fourth-order valence-electron chi connectivity index (χ4n) is 2.34. The molecule has 5 heteroatoms. The fourth-order valence-corrected chi connectivity index (χ4v) is 2.98. The number of carbonyl (C=O) groups is 1. The van der Waals surface area contributed by atoms with Crippen LogP contribution in [0.15, 0.2) is 5.38 Å². The highest BCUT2D eigenvalue weighted by molar-refractivity contribution is 7.09. The summed E-state index contributed by atoms with van der Waals surface area (Å²) in [5.74, 6) is -0.213. The molecular weight excluding hydrogens is 248 g/mol. The maximum Gasteiger partial charge on any atom is 0.329 e. The van der Waals surface area contributed by atoms with E-state index in [0.29, 0.717) is 12.6 Å². The Morgan fingerprint density at radius 1 is 1.61 bits per heavy atom. The first-order chi connectivity index (χ1) is 8.70. The number of thiazole rings is 1. The number of hydrogen-bond acceptors (Lipinski definition) is 5. The Bertz CT molecular complexity index is 399. The fraction of sp³-hybridized carbons (Fsp3) is 0.692. The summed E-state index contributed by atoms with van der Waals surface area (Å²) >= 11 is 1.57. The molecule has 1 heterocycles. The second-order valence-corrected chi connectivity index (χ2v) is 5.69. The third kappa shape index (κ3) is 3.29. The lowest BCUT2D eigenvalue weighted by Crippen LogP contribution is -2.36. The van der Waals surface area contributed by atoms with Crippen molar-refractivity contribution in [3.63, 3.8) is 0 Å². The summed E-state index contributed by atoms with van der Waals surface area (Å²) in [4.78, 5) is 16.4. The SMILES string of the molecule is CCOC(=O)C(NC1CCCC1)c1csc(C)n1. The van der Waals surface area contributed by atoms with Gasteiger partial charge in [0.1, 0.15) is 6.04 Å². The number of carbonyl (C=O) groups excluding carboxylic acids is 1. The van der Waals surface area contributed by atoms with Crippen LogP contribution in [0.25, 0.3) is 0 Å². The molecule has 4 nitrogen and oxygen atoms in total. The molecule has 1 aliphatic carbocycles. The maximum atomic E-state index is 12.0. The quantitative estimate of drug-likeness (QED) is 0.834. The molecule has 0 saturated heterocycles. The number of aromatic nitrogens is 1. The summed E-state index contributed by atoms with van der Waals surface area (Å²) in [7, 11) is 0. The summed E-state index contributed by atoms with van der Waals surface area (Å²) in [5, 5.41) is 6.32. The van der Waals surface area contributed by atoms with Gasteiger partial charge < -0.3 is 4.74 Å². The van der Waals surface area contributed by atoms with Crippen molar-refractivity contribution >= 4 is 17.3 Å². The van der Waals surface area contributed by atoms with Crippen molar-refractivity contribution in [3.05, 3.63) is 16.1 Å². The van der Waals surface area contributed by atoms with Crippen LogP contribution in [0.3, 0.4) is 0 Å². The summed E-state index contributed by atoms with van der Waals surface area (Å²) in [6.07, 6.45) is 4.75. The lowest BCUT2D eigenvalue weighted by molar-refractivity contribution is -0.146. The average Bonchev–Trinajstić information content (AvgIpc) is 2.97. The van der Waals surface area contributed by atoms with E-state index < -0.39 is 6.04 Å². The van der Waals surface area contributed by atoms with Crippen LogP contribution in [-0.4, -0.2) is 23.6 Å². The van der Waals surface area contributed by atoms with Gasteiger partial charge in [-0.05, 0) is 26.7 Å². The van der Waals surface area contributed by atoms with Crippen molar-refractivity contribution in [1.82, 2.24) is 10.3 Å². The number of nitrogens with one attached hydrogen (secondary N) is 1. The predicted molar refractivity (Wildman–Crippen MR) is 71.6 cm³/mol. The van der Waals surface area contributed by atoms with Gasteiger partial charge in [-0.25, -0.2) is 9.78 Å². The van der Waals surface area contributed by atoms with Crippen molar-refractivity contribution < 1.29 is 9.53 Å². The normalized spacial score (nSPS) is 17.9. The van der Waals surface area contributed by atoms with E-state index in [9.17, 15) is 4.79 Å². The molecule has 1 N–H and O–H groups in total. The summed E-state index contributed by atoms with van der Waals surface area (Å²) < 4.78 is 5.14. The minimum atomic E-state index is -0.405. The highest BCUT2D eigenvalue weighted by atomic mass is 32.1. The van der Waals surface area contributed by atoms with E-state index in [0.717, 1.165) is 23.5 Å². The van der Waals surface area contributed by atoms with Gasteiger partial charge in [0.2, 0.25) is 0 Å². The van der Waals surface area contributed by atoms with Gasteiger partial charge in [0, 0.05) is 11.4 Å². The van der Waals surface area contributed by atoms with Crippen LogP contribution < -0.4 is 5.32 Å². The zero-order valence-electron chi connectivity index (χ0n) is 10.9. The van der Waals surface area contributed by atoms with E-state index in [-0.39, 0.29) is 5.97 Å². The first-order valence-electron chi connectivity index (χ1n) is 6.55. The van der Waals surface area contributed by atoms with Gasteiger partial charge in [-0.3, -0.25) is 5.32 Å². The molecule has 1 saturated carbocycles. The van der Waals surface area contributed by atoms with Crippen molar-refractivity contribution in [3.8, 4) is 0 Å². The topological polar surface area (TPSA) is 51.2 Å². The standard InChI is InChI=1S/C13H20N2O2S/c1-3-17-13(16)12(11-8-18-9(2)14-11)15-10-6-4-5-7-10/h8,10,12,15H,3-7H2,1-2H3. The Balaban J connectivity index is 2.08. The molecule has 1 aromatic rings. The molecule has 0 spiro atoms. The Kier molecular flexibility index (Phi) is 4.72. The number of ether oxygens (including phenoxy) is 1. The maximum absolute atomic E-state index is 12.0. The number of esters is 1. The highest BCUT2D eigenvalue weighted by Gasteiger charge is 2.28. The Labute approximate surface area is 112 Å². The monoisotopic (exact) mass is 268 g/mol. The summed E-state index contributed by atoms with van der Waals surface area (Å²) in [6.45, 7) is 4.19. The molecule has 1 fully saturated rings. The molecule has 0 bridgehead atoms. The Morgan fingerprint density at radius 3 is 2.89 bits per heavy atom. The van der Waals surface area contributed by atoms with Crippen LogP contribution in [-0.2, 0) is 9.53 Å². The molecule has 0 aliphatic heterocycles. The number of nitrogens with zero attached hydrogens (tertiary/aromatic N) is 1. The first-order valence-corrected chi connectivity index (χ1v) is 7.43. The lowest BCUT2D eigenvalue weighted by atomic mass is 10.1. The van der Waals surface area contributed by atoms with Gasteiger partial charge in [-0.15, -0.1) is 11.3 Å². The predicted octanol–water partition coefficient (Wildman–Crippen LogP) is 2.59. The molecule has 1 atom stereocenters. The molecule has 0 radical (unpaired) electrons. The van der Waals surface area contributed by atoms with Crippen molar-refractivity contribution in [1.29, 1.82) is 0 Å². The second-order valence-electron chi connectivity index (χ2n) is 4.62. The van der Waals surface area contributed by atoms with Crippen LogP contribution in [0, 0.1) is 6.92 Å². The van der Waals surface area contributed by atoms with E-state index in [4.69, 9.17) is 4.74 Å². The van der Waals surface area contributed by atoms with Crippen LogP contribution in [0.4, 0.5) is 0 Å². The van der Waals surface area contributed by atoms with E-state index in [1.807, 2.05) is 19.2 Å². The highest BCUT2D eigenvalue weighted by Crippen LogP contribution is 2.24. The molecule has 1 unspecified atom stereocenters. The van der Waals surface area contributed by atoms with Crippen LogP contribution >= 0.6 is 11.3 Å². The molecule has 0 amide bonds. The van der Waals surface area contributed by atoms with E-state index >= 15 is 0 Å². The second kappa shape index (κ2) is 6.29. The molecule has 100 valence electrons. The van der Waals surface area contributed by atoms with Crippen LogP contribution in [0.2, 0.25) is 0 Å². The van der Waals surface area contributed by atoms with Gasteiger partial charge in [-0.2, -0.15) is 0 Å². The van der Waals surface area contributed by atoms with Gasteiger partial charge in [0.05, 0.1) is 17.3 Å². The largest absolute Gasteiger partial charge is 0.465 e. The third-order valence-electron chi connectivity index (χ3n) is 3.21. The first kappa shape index (κ1) is 13.5. The molecule has 0 aromatic carbocycles. The van der Waals surface area contributed by atoms with Crippen molar-refractivity contribution in [2.24, 2.45) is 0 Å². The third-order valence-corrected chi connectivity index (χ3v) is 4.00. The summed E-state index contributed by atoms with van der Waals surface area (Å²) in [6, 6.07) is 0.0133. The van der Waals surface area contributed by atoms with Gasteiger partial charge in [-0.1, -0.05) is 12.8 Å². The Hall–Kier alpha value is -0.940. The average molecular weight is 268 g/mol. The lowest BCUT2D eigenvalue weighted by Gasteiger charge is -2.19. The molecular formula is C13H20N2O2S. The van der Waals surface area contributed by atoms with E-state index in [1.54, 1.807) is 11.3 Å². The zero-order chi connectivity index (χ0) is 13.0. The zero-order valence-corrected chi connectivity index (χ0v) is 11.8. The Morgan fingerprint density at radius 2 is 2.33 bits per heavy atom. The van der Waals surface area contributed by atoms with Gasteiger partial charge in [0.25, 0.3) is 0 Å². The van der Waals surface area contributed by atoms with Gasteiger partial charge >= 0.3 is 5.97 Å². The molecule has 2 rings (SSSR count). The molecule has 1 aromatic heterocycles. The van der Waals surface area contributed by atoms with Crippen LogP contribution in [0.1, 0.15) is 49.4 Å². The van der Waals surface area contributed by atoms with Gasteiger partial charge in [0.15, 0.2) is 0 Å². The van der Waals surface area contributed by atoms with Crippen molar-refractivity contribution in [2.45, 2.75) is 51.6 Å². The van der Waals surface area contributed by atoms with E-state index in [2.05, 4.69) is 10.3 Å². The molecule has 1 aliphatic rings. The number of rotatable bonds is 5. The number of aryl methyl sites for hydroxylation is 1. The minimum Gasteiger partial charge on any atom is -0.465 e. The van der Waals surface area contributed by atoms with E-state index in [1.165, 1.54) is 12.8 Å². The summed E-state index contributed by atoms with van der Waals surface area (Å²) in [5.41, 5.74) is 0.794. The minimum absolute atomic E-state index is 0.213. The van der Waals surface area contributed by atoms with Crippen molar-refractivity contribution in [2.75, 3.05) is 6.61 Å². The van der Waals surface area contributed by atoms with Crippen LogP contribution in [0.5, 0.6) is 0 Å². The molecule has 18 heavy (non-hydrogen) atoms.